The number of nitrogens with one attached hydrogen (secondary N) is 1. The number of nitrogens with zero attached hydrogens (tertiary/aromatic N) is 1. The zero-order valence-corrected chi connectivity index (χ0v) is 9.99. The van der Waals surface area contributed by atoms with E-state index in [-0.39, 0.29) is 17.8 Å². The van der Waals surface area contributed by atoms with Gasteiger partial charge in [0.25, 0.3) is 0 Å². The average Bonchev–Trinajstić information content (AvgIpc) is 2.28. The first-order valence-corrected chi connectivity index (χ1v) is 5.74. The Morgan fingerprint density at radius 1 is 1.50 bits per heavy atom. The van der Waals surface area contributed by atoms with Crippen LogP contribution in [0.25, 0.3) is 0 Å². The molecule has 1 fully saturated rings. The van der Waals surface area contributed by atoms with Gasteiger partial charge in [-0.15, -0.1) is 0 Å². The van der Waals surface area contributed by atoms with Crippen LogP contribution in [0.5, 0.6) is 0 Å². The van der Waals surface area contributed by atoms with Gasteiger partial charge in [-0.2, -0.15) is 0 Å². The van der Waals surface area contributed by atoms with Crippen LogP contribution in [0.1, 0.15) is 19.8 Å². The molecule has 16 heavy (non-hydrogen) atoms. The Hall–Kier alpha value is -1.10. The molecule has 1 N–H and O–H groups in total. The van der Waals surface area contributed by atoms with Crippen molar-refractivity contribution in [1.29, 1.82) is 0 Å². The molecule has 0 aromatic carbocycles. The van der Waals surface area contributed by atoms with Crippen LogP contribution in [-0.4, -0.2) is 50.1 Å². The third-order valence-electron chi connectivity index (χ3n) is 2.78. The molecule has 1 saturated heterocycles. The molecule has 0 saturated carbocycles. The zero-order chi connectivity index (χ0) is 12.0. The first-order chi connectivity index (χ1) is 7.67. The van der Waals surface area contributed by atoms with E-state index in [0.717, 1.165) is 19.4 Å². The van der Waals surface area contributed by atoms with E-state index in [2.05, 4.69) is 5.32 Å². The van der Waals surface area contributed by atoms with Gasteiger partial charge in [0.15, 0.2) is 0 Å². The molecule has 0 aromatic heterocycles. The molecule has 0 radical (unpaired) electrons. The van der Waals surface area contributed by atoms with Crippen molar-refractivity contribution in [2.45, 2.75) is 19.8 Å². The van der Waals surface area contributed by atoms with Crippen LogP contribution >= 0.6 is 0 Å². The van der Waals surface area contributed by atoms with Gasteiger partial charge in [0.2, 0.25) is 5.91 Å². The molecule has 1 atom stereocenters. The lowest BCUT2D eigenvalue weighted by molar-refractivity contribution is -0.147. The highest BCUT2D eigenvalue weighted by Gasteiger charge is 2.27. The van der Waals surface area contributed by atoms with Gasteiger partial charge in [0.1, 0.15) is 0 Å². The summed E-state index contributed by atoms with van der Waals surface area (Å²) in [6.07, 6.45) is 1.80. The van der Waals surface area contributed by atoms with Crippen molar-refractivity contribution in [3.8, 4) is 0 Å². The van der Waals surface area contributed by atoms with Gasteiger partial charge in [0, 0.05) is 13.1 Å². The molecule has 0 bridgehead atoms. The Morgan fingerprint density at radius 2 is 2.25 bits per heavy atom. The maximum atomic E-state index is 11.4. The van der Waals surface area contributed by atoms with Crippen LogP contribution in [0.2, 0.25) is 0 Å². The first kappa shape index (κ1) is 13.0. The standard InChI is InChI=1S/C11H20N2O3/c1-3-12-10(14)8-13-6-4-5-9(7-13)11(15)16-2/h9H,3-8H2,1-2H3,(H,12,14)/t9-/m0/s1. The molecule has 5 nitrogen and oxygen atoms in total. The van der Waals surface area contributed by atoms with E-state index in [1.165, 1.54) is 7.11 Å². The number of rotatable bonds is 4. The number of carbonyl (C=O) groups excluding carboxylic acids is 2. The number of piperidine rings is 1. The Bertz CT molecular complexity index is 256. The Kier molecular flexibility index (Phi) is 5.25. The van der Waals surface area contributed by atoms with Crippen molar-refractivity contribution in [2.75, 3.05) is 33.3 Å². The molecular formula is C11H20N2O3. The second-order valence-electron chi connectivity index (χ2n) is 4.05. The van der Waals surface area contributed by atoms with Crippen molar-refractivity contribution in [2.24, 2.45) is 5.92 Å². The van der Waals surface area contributed by atoms with Crippen LogP contribution < -0.4 is 5.32 Å². The summed E-state index contributed by atoms with van der Waals surface area (Å²) in [5.74, 6) is -0.221. The molecule has 1 aliphatic rings. The summed E-state index contributed by atoms with van der Waals surface area (Å²) in [6.45, 7) is 4.42. The summed E-state index contributed by atoms with van der Waals surface area (Å²) in [5.41, 5.74) is 0. The zero-order valence-electron chi connectivity index (χ0n) is 9.99. The highest BCUT2D eigenvalue weighted by atomic mass is 16.5. The summed E-state index contributed by atoms with van der Waals surface area (Å²) in [5, 5.41) is 2.75. The van der Waals surface area contributed by atoms with E-state index in [9.17, 15) is 9.59 Å². The fourth-order valence-corrected chi connectivity index (χ4v) is 2.01. The minimum absolute atomic E-state index is 0.0213. The van der Waals surface area contributed by atoms with Crippen LogP contribution in [0.3, 0.4) is 0 Å². The fraction of sp³-hybridized carbons (Fsp3) is 0.818. The molecule has 1 aliphatic heterocycles. The number of ether oxygens (including phenoxy) is 1. The van der Waals surface area contributed by atoms with Crippen molar-refractivity contribution in [1.82, 2.24) is 10.2 Å². The minimum atomic E-state index is -0.166. The predicted molar refractivity (Wildman–Crippen MR) is 59.9 cm³/mol. The van der Waals surface area contributed by atoms with Crippen LogP contribution in [0, 0.1) is 5.92 Å². The number of hydrogen-bond acceptors (Lipinski definition) is 4. The van der Waals surface area contributed by atoms with Crippen molar-refractivity contribution in [3.05, 3.63) is 0 Å². The lowest BCUT2D eigenvalue weighted by atomic mass is 9.98. The quantitative estimate of drug-likeness (QED) is 0.688. The maximum Gasteiger partial charge on any atom is 0.309 e. The molecule has 92 valence electrons. The summed E-state index contributed by atoms with van der Waals surface area (Å²) < 4.78 is 4.72. The molecule has 0 unspecified atom stereocenters. The topological polar surface area (TPSA) is 58.6 Å². The summed E-state index contributed by atoms with van der Waals surface area (Å²) in [6, 6.07) is 0. The van der Waals surface area contributed by atoms with Gasteiger partial charge >= 0.3 is 5.97 Å². The molecule has 0 spiro atoms. The van der Waals surface area contributed by atoms with E-state index >= 15 is 0 Å². The monoisotopic (exact) mass is 228 g/mol. The summed E-state index contributed by atoms with van der Waals surface area (Å²) in [7, 11) is 1.41. The van der Waals surface area contributed by atoms with E-state index < -0.39 is 0 Å². The molecule has 5 heteroatoms. The number of esters is 1. The molecular weight excluding hydrogens is 208 g/mol. The molecule has 0 aliphatic carbocycles. The Labute approximate surface area is 96.1 Å². The summed E-state index contributed by atoms with van der Waals surface area (Å²) in [4.78, 5) is 24.8. The minimum Gasteiger partial charge on any atom is -0.469 e. The first-order valence-electron chi connectivity index (χ1n) is 5.74. The van der Waals surface area contributed by atoms with Crippen molar-refractivity contribution >= 4 is 11.9 Å². The number of methoxy groups -OCH3 is 1. The molecule has 1 rings (SSSR count). The lowest BCUT2D eigenvalue weighted by Gasteiger charge is -2.30. The number of likely N-dealkylation sites (N-methyl/N-ethyl adjacent to an activating group) is 1. The SMILES string of the molecule is CCNC(=O)CN1CCC[C@H](C(=O)OC)C1. The largest absolute Gasteiger partial charge is 0.469 e. The average molecular weight is 228 g/mol. The van der Waals surface area contributed by atoms with Gasteiger partial charge in [-0.1, -0.05) is 0 Å². The van der Waals surface area contributed by atoms with Crippen LogP contribution in [-0.2, 0) is 14.3 Å². The molecule has 1 amide bonds. The van der Waals surface area contributed by atoms with E-state index in [1.54, 1.807) is 0 Å². The second kappa shape index (κ2) is 6.48. The third-order valence-corrected chi connectivity index (χ3v) is 2.78. The smallest absolute Gasteiger partial charge is 0.309 e. The second-order valence-corrected chi connectivity index (χ2v) is 4.05. The number of amides is 1. The number of carbonyl (C=O) groups is 2. The van der Waals surface area contributed by atoms with Crippen LogP contribution in [0.15, 0.2) is 0 Å². The normalized spacial score (nSPS) is 21.5. The van der Waals surface area contributed by atoms with Gasteiger partial charge in [-0.3, -0.25) is 14.5 Å². The highest BCUT2D eigenvalue weighted by Crippen LogP contribution is 2.17. The van der Waals surface area contributed by atoms with E-state index in [0.29, 0.717) is 19.6 Å². The van der Waals surface area contributed by atoms with Gasteiger partial charge in [-0.05, 0) is 26.3 Å². The Morgan fingerprint density at radius 3 is 2.88 bits per heavy atom. The lowest BCUT2D eigenvalue weighted by Crippen LogP contribution is -2.44. The van der Waals surface area contributed by atoms with Crippen LogP contribution in [0.4, 0.5) is 0 Å². The van der Waals surface area contributed by atoms with Crippen molar-refractivity contribution in [3.63, 3.8) is 0 Å². The fourth-order valence-electron chi connectivity index (χ4n) is 2.01. The summed E-state index contributed by atoms with van der Waals surface area (Å²) >= 11 is 0. The van der Waals surface area contributed by atoms with Gasteiger partial charge < -0.3 is 10.1 Å². The van der Waals surface area contributed by atoms with Gasteiger partial charge in [0.05, 0.1) is 19.6 Å². The molecule has 1 heterocycles. The maximum absolute atomic E-state index is 11.4. The predicted octanol–water partition coefficient (Wildman–Crippen LogP) is 0.00750. The van der Waals surface area contributed by atoms with E-state index in [4.69, 9.17) is 4.74 Å². The molecule has 0 aromatic rings. The Balaban J connectivity index is 2.38. The highest BCUT2D eigenvalue weighted by molar-refractivity contribution is 5.78. The number of likely N-dealkylation sites (tertiary alicyclic amines) is 1. The third kappa shape index (κ3) is 3.81. The van der Waals surface area contributed by atoms with Crippen molar-refractivity contribution < 1.29 is 14.3 Å². The van der Waals surface area contributed by atoms with Gasteiger partial charge in [-0.25, -0.2) is 0 Å². The van der Waals surface area contributed by atoms with E-state index in [1.807, 2.05) is 11.8 Å². The number of hydrogen-bond donors (Lipinski definition) is 1.